The summed E-state index contributed by atoms with van der Waals surface area (Å²) in [5.41, 5.74) is 5.88. The van der Waals surface area contributed by atoms with Crippen molar-refractivity contribution in [2.45, 2.75) is 33.4 Å². The molecule has 4 aromatic rings. The molecule has 3 heterocycles. The lowest BCUT2D eigenvalue weighted by Gasteiger charge is -2.29. The van der Waals surface area contributed by atoms with E-state index in [9.17, 15) is 4.79 Å². The van der Waals surface area contributed by atoms with Crippen molar-refractivity contribution in [3.05, 3.63) is 94.0 Å². The predicted octanol–water partition coefficient (Wildman–Crippen LogP) is 4.92. The summed E-state index contributed by atoms with van der Waals surface area (Å²) in [6, 6.07) is 19.7. The second kappa shape index (κ2) is 8.91. The van der Waals surface area contributed by atoms with Crippen molar-refractivity contribution in [3.8, 4) is 11.4 Å². The summed E-state index contributed by atoms with van der Waals surface area (Å²) in [5.74, 6) is 1.25. The molecule has 1 aliphatic heterocycles. The molecule has 0 spiro atoms. The minimum atomic E-state index is -0.0954. The highest BCUT2D eigenvalue weighted by molar-refractivity contribution is 5.87. The van der Waals surface area contributed by atoms with Crippen molar-refractivity contribution in [2.75, 3.05) is 13.1 Å². The molecule has 0 N–H and O–H groups in total. The number of nitrogens with zero attached hydrogens (tertiary/aromatic N) is 3. The van der Waals surface area contributed by atoms with Gasteiger partial charge in [-0.2, -0.15) is 0 Å². The Bertz CT molecular complexity index is 1330. The van der Waals surface area contributed by atoms with E-state index in [0.717, 1.165) is 37.3 Å². The van der Waals surface area contributed by atoms with Gasteiger partial charge in [0.05, 0.1) is 11.2 Å². The minimum Gasteiger partial charge on any atom is -0.489 e. The number of benzene rings is 2. The second-order valence-corrected chi connectivity index (χ2v) is 9.41. The van der Waals surface area contributed by atoms with Gasteiger partial charge >= 0.3 is 0 Å². The predicted molar refractivity (Wildman–Crippen MR) is 133 cm³/mol. The summed E-state index contributed by atoms with van der Waals surface area (Å²) >= 11 is 0. The van der Waals surface area contributed by atoms with Crippen LogP contribution in [-0.2, 0) is 26.6 Å². The molecule has 0 amide bonds. The van der Waals surface area contributed by atoms with Gasteiger partial charge in [0, 0.05) is 56.4 Å². The fraction of sp³-hybridized carbons (Fsp3) is 0.321. The van der Waals surface area contributed by atoms with Gasteiger partial charge in [0.2, 0.25) is 0 Å². The quantitative estimate of drug-likeness (QED) is 0.426. The lowest BCUT2D eigenvalue weighted by atomic mass is 10.0. The van der Waals surface area contributed by atoms with E-state index in [1.807, 2.05) is 36.4 Å². The zero-order valence-corrected chi connectivity index (χ0v) is 19.6. The molecule has 5 nitrogen and oxygen atoms in total. The lowest BCUT2D eigenvalue weighted by Crippen LogP contribution is -2.33. The SMILES string of the molecule is CC(C)CN1CCc2c(c3ccc(-n4ccc(OCc5ccccc5)cc4=O)cc3n2C)C1. The number of aryl methyl sites for hydroxylation is 1. The lowest BCUT2D eigenvalue weighted by molar-refractivity contribution is 0.225. The van der Waals surface area contributed by atoms with E-state index in [-0.39, 0.29) is 5.56 Å². The number of rotatable bonds is 6. The van der Waals surface area contributed by atoms with Crippen LogP contribution in [0, 0.1) is 5.92 Å². The van der Waals surface area contributed by atoms with Gasteiger partial charge in [-0.3, -0.25) is 14.3 Å². The van der Waals surface area contributed by atoms with Crippen LogP contribution in [0.15, 0.2) is 71.7 Å². The molecule has 5 heteroatoms. The molecule has 0 fully saturated rings. The van der Waals surface area contributed by atoms with E-state index in [4.69, 9.17) is 4.74 Å². The van der Waals surface area contributed by atoms with E-state index in [0.29, 0.717) is 18.3 Å². The fourth-order valence-electron chi connectivity index (χ4n) is 4.94. The summed E-state index contributed by atoms with van der Waals surface area (Å²) in [5, 5.41) is 1.29. The molecule has 2 aromatic heterocycles. The molecule has 170 valence electrons. The van der Waals surface area contributed by atoms with Crippen LogP contribution in [0.25, 0.3) is 16.6 Å². The first-order chi connectivity index (χ1) is 16.0. The average Bonchev–Trinajstić information content (AvgIpc) is 3.09. The molecule has 5 rings (SSSR count). The number of ether oxygens (including phenoxy) is 1. The highest BCUT2D eigenvalue weighted by Crippen LogP contribution is 2.31. The van der Waals surface area contributed by atoms with Crippen LogP contribution in [0.3, 0.4) is 0 Å². The molecule has 0 saturated heterocycles. The first kappa shape index (κ1) is 21.5. The molecule has 0 saturated carbocycles. The van der Waals surface area contributed by atoms with Gasteiger partial charge in [0.1, 0.15) is 12.4 Å². The van der Waals surface area contributed by atoms with Crippen LogP contribution in [-0.4, -0.2) is 27.1 Å². The highest BCUT2D eigenvalue weighted by atomic mass is 16.5. The number of hydrogen-bond donors (Lipinski definition) is 0. The van der Waals surface area contributed by atoms with E-state index in [1.54, 1.807) is 16.8 Å². The monoisotopic (exact) mass is 441 g/mol. The van der Waals surface area contributed by atoms with Crippen LogP contribution in [0.4, 0.5) is 0 Å². The Morgan fingerprint density at radius 2 is 1.85 bits per heavy atom. The zero-order chi connectivity index (χ0) is 22.9. The standard InChI is InChI=1S/C28H31N3O2/c1-20(2)17-30-13-12-26-25(18-30)24-10-9-22(15-27(24)29(26)3)31-14-11-23(16-28(31)32)33-19-21-7-5-4-6-8-21/h4-11,14-16,20H,12-13,17-19H2,1-3H3. The van der Waals surface area contributed by atoms with E-state index < -0.39 is 0 Å². The maximum Gasteiger partial charge on any atom is 0.258 e. The van der Waals surface area contributed by atoms with Gasteiger partial charge in [-0.15, -0.1) is 0 Å². The first-order valence-corrected chi connectivity index (χ1v) is 11.7. The summed E-state index contributed by atoms with van der Waals surface area (Å²) in [7, 11) is 2.15. The maximum absolute atomic E-state index is 12.9. The fourth-order valence-corrected chi connectivity index (χ4v) is 4.94. The largest absolute Gasteiger partial charge is 0.489 e. The molecule has 0 radical (unpaired) electrons. The minimum absolute atomic E-state index is 0.0954. The molecular formula is C28H31N3O2. The van der Waals surface area contributed by atoms with Crippen molar-refractivity contribution in [2.24, 2.45) is 13.0 Å². The smallest absolute Gasteiger partial charge is 0.258 e. The van der Waals surface area contributed by atoms with Crippen molar-refractivity contribution < 1.29 is 4.74 Å². The molecule has 33 heavy (non-hydrogen) atoms. The summed E-state index contributed by atoms with van der Waals surface area (Å²) < 4.78 is 9.82. The van der Waals surface area contributed by atoms with Crippen molar-refractivity contribution in [1.29, 1.82) is 0 Å². The van der Waals surface area contributed by atoms with Crippen LogP contribution >= 0.6 is 0 Å². The van der Waals surface area contributed by atoms with Gasteiger partial charge in [-0.05, 0) is 35.2 Å². The van der Waals surface area contributed by atoms with Crippen LogP contribution in [0.2, 0.25) is 0 Å². The molecule has 0 aliphatic carbocycles. The maximum atomic E-state index is 12.9. The third-order valence-corrected chi connectivity index (χ3v) is 6.51. The van der Waals surface area contributed by atoms with Crippen molar-refractivity contribution in [1.82, 2.24) is 14.0 Å². The van der Waals surface area contributed by atoms with Crippen molar-refractivity contribution in [3.63, 3.8) is 0 Å². The molecule has 0 atom stereocenters. The summed E-state index contributed by atoms with van der Waals surface area (Å²) in [6.07, 6.45) is 2.87. The number of pyridine rings is 1. The first-order valence-electron chi connectivity index (χ1n) is 11.7. The Kier molecular flexibility index (Phi) is 5.81. The Balaban J connectivity index is 1.41. The average molecular weight is 442 g/mol. The summed E-state index contributed by atoms with van der Waals surface area (Å²) in [6.45, 7) is 8.23. The van der Waals surface area contributed by atoms with E-state index in [1.165, 1.54) is 22.2 Å². The molecule has 0 unspecified atom stereocenters. The van der Waals surface area contributed by atoms with Crippen LogP contribution in [0.1, 0.15) is 30.7 Å². The van der Waals surface area contributed by atoms with Crippen LogP contribution < -0.4 is 10.3 Å². The Morgan fingerprint density at radius 3 is 2.61 bits per heavy atom. The van der Waals surface area contributed by atoms with Gasteiger partial charge in [0.15, 0.2) is 0 Å². The van der Waals surface area contributed by atoms with Gasteiger partial charge in [0.25, 0.3) is 5.56 Å². The Hall–Kier alpha value is -3.31. The van der Waals surface area contributed by atoms with E-state index in [2.05, 4.69) is 48.6 Å². The van der Waals surface area contributed by atoms with Crippen molar-refractivity contribution >= 4 is 10.9 Å². The molecular weight excluding hydrogens is 410 g/mol. The van der Waals surface area contributed by atoms with Gasteiger partial charge < -0.3 is 9.30 Å². The Labute approximate surface area is 194 Å². The normalized spacial score (nSPS) is 14.1. The number of fused-ring (bicyclic) bond motifs is 3. The third kappa shape index (κ3) is 4.33. The third-order valence-electron chi connectivity index (χ3n) is 6.51. The number of hydrogen-bond acceptors (Lipinski definition) is 3. The topological polar surface area (TPSA) is 39.4 Å². The van der Waals surface area contributed by atoms with Gasteiger partial charge in [-0.1, -0.05) is 50.2 Å². The highest BCUT2D eigenvalue weighted by Gasteiger charge is 2.23. The molecule has 2 aromatic carbocycles. The van der Waals surface area contributed by atoms with E-state index >= 15 is 0 Å². The second-order valence-electron chi connectivity index (χ2n) is 9.41. The van der Waals surface area contributed by atoms with Gasteiger partial charge in [-0.25, -0.2) is 0 Å². The summed E-state index contributed by atoms with van der Waals surface area (Å²) in [4.78, 5) is 15.4. The Morgan fingerprint density at radius 1 is 1.03 bits per heavy atom. The molecule has 0 bridgehead atoms. The zero-order valence-electron chi connectivity index (χ0n) is 19.6. The van der Waals surface area contributed by atoms with Crippen LogP contribution in [0.5, 0.6) is 5.75 Å². The number of aromatic nitrogens is 2. The molecule has 1 aliphatic rings.